The van der Waals surface area contributed by atoms with Crippen molar-refractivity contribution in [2.24, 2.45) is 17.8 Å². The number of Topliss-reactive ketones (excluding diaryl/α,β-unsaturated/α-hetero) is 3. The van der Waals surface area contributed by atoms with Gasteiger partial charge in [0.2, 0.25) is 0 Å². The number of ketones is 3. The van der Waals surface area contributed by atoms with Gasteiger partial charge in [-0.15, -0.1) is 0 Å². The molecular formula is C50H67BrClF3INO5SiSn. The molecule has 1 fully saturated rings. The van der Waals surface area contributed by atoms with E-state index in [1.807, 2.05) is 14.1 Å². The number of hydrogen-bond acceptors (Lipinski definition) is 6. The van der Waals surface area contributed by atoms with E-state index in [1.165, 1.54) is 73.8 Å². The molecule has 0 bridgehead atoms. The van der Waals surface area contributed by atoms with Crippen LogP contribution in [0.3, 0.4) is 0 Å². The van der Waals surface area contributed by atoms with E-state index in [2.05, 4.69) is 95.1 Å². The monoisotopic (exact) mass is 1210 g/mol. The number of fused-ring (bicyclic) bond motifs is 3. The Morgan fingerprint density at radius 1 is 0.906 bits per heavy atom. The van der Waals surface area contributed by atoms with Gasteiger partial charge in [-0.25, -0.2) is 0 Å². The van der Waals surface area contributed by atoms with Crippen LogP contribution < -0.4 is 18.4 Å². The van der Waals surface area contributed by atoms with E-state index in [9.17, 15) is 27.6 Å². The molecule has 0 aromatic heterocycles. The number of ether oxygens (including phenoxy) is 2. The normalized spacial score (nSPS) is 19.8. The minimum absolute atomic E-state index is 0.0365. The van der Waals surface area contributed by atoms with Crippen LogP contribution in [-0.4, -0.2) is 78.2 Å². The van der Waals surface area contributed by atoms with Crippen molar-refractivity contribution in [2.45, 2.75) is 138 Å². The number of benzene rings is 3. The van der Waals surface area contributed by atoms with Crippen molar-refractivity contribution in [1.82, 2.24) is 0 Å². The van der Waals surface area contributed by atoms with Gasteiger partial charge < -0.3 is 14.4 Å². The average Bonchev–Trinajstić information content (AvgIpc) is 3.85. The molecule has 6 nitrogen and oxygen atoms in total. The van der Waals surface area contributed by atoms with Gasteiger partial charge >= 0.3 is 159 Å². The molecule has 4 aliphatic rings. The summed E-state index contributed by atoms with van der Waals surface area (Å²) in [5, 5.41) is 2.13. The molecule has 4 aliphatic carbocycles. The Kier molecular flexibility index (Phi) is 17.2. The number of rotatable bonds is 8. The third-order valence-electron chi connectivity index (χ3n) is 13.6. The van der Waals surface area contributed by atoms with Gasteiger partial charge in [-0.1, -0.05) is 38.2 Å². The first-order valence-corrected chi connectivity index (χ1v) is 38.4. The van der Waals surface area contributed by atoms with Crippen LogP contribution in [0.2, 0.25) is 39.5 Å². The van der Waals surface area contributed by atoms with Gasteiger partial charge in [-0.3, -0.25) is 9.59 Å². The van der Waals surface area contributed by atoms with E-state index < -0.39 is 50.1 Å². The van der Waals surface area contributed by atoms with Crippen LogP contribution >= 0.6 is 50.1 Å². The zero-order valence-corrected chi connectivity index (χ0v) is 48.5. The number of alkyl halides is 3. The number of carbonyl (C=O) groups is 3. The Bertz CT molecular complexity index is 2320. The second-order valence-corrected chi connectivity index (χ2v) is 42.2. The van der Waals surface area contributed by atoms with E-state index in [0.29, 0.717) is 26.8 Å². The molecule has 0 spiro atoms. The molecule has 64 heavy (non-hydrogen) atoms. The molecule has 1 saturated carbocycles. The number of nitrogens with zero attached hydrogens (tertiary/aromatic N) is 1. The fourth-order valence-electron chi connectivity index (χ4n) is 10.4. The number of carbonyl (C=O) groups excluding carboxylic acids is 3. The summed E-state index contributed by atoms with van der Waals surface area (Å²) in [6.07, 6.45) is 4.19. The van der Waals surface area contributed by atoms with E-state index >= 15 is 0 Å². The Morgan fingerprint density at radius 2 is 1.52 bits per heavy atom. The van der Waals surface area contributed by atoms with Crippen LogP contribution in [0.4, 0.5) is 18.9 Å². The van der Waals surface area contributed by atoms with Crippen molar-refractivity contribution in [3.05, 3.63) is 75.3 Å². The van der Waals surface area contributed by atoms with Crippen molar-refractivity contribution in [1.29, 1.82) is 0 Å². The molecule has 0 N–H and O–H groups in total. The number of aryl methyl sites for hydroxylation is 1. The molecule has 0 aliphatic heterocycles. The summed E-state index contributed by atoms with van der Waals surface area (Å²) in [4.78, 5) is 47.6. The summed E-state index contributed by atoms with van der Waals surface area (Å²) in [6.45, 7) is 15.7. The summed E-state index contributed by atoms with van der Waals surface area (Å²) in [5.41, 5.74) is 8.20. The molecule has 3 aromatic carbocycles. The van der Waals surface area contributed by atoms with Crippen LogP contribution in [0.1, 0.15) is 130 Å². The molecule has 0 heterocycles. The third-order valence-corrected chi connectivity index (χ3v) is 24.4. The molecule has 0 amide bonds. The third kappa shape index (κ3) is 10.6. The van der Waals surface area contributed by atoms with E-state index in [0.717, 1.165) is 41.1 Å². The molecular weight excluding hydrogens is 1140 g/mol. The van der Waals surface area contributed by atoms with Gasteiger partial charge in [0.15, 0.2) is 11.6 Å². The maximum atomic E-state index is 13.3. The number of anilines is 1. The second-order valence-electron chi connectivity index (χ2n) is 20.6. The van der Waals surface area contributed by atoms with Gasteiger partial charge in [-0.05, 0) is 73.7 Å². The topological polar surface area (TPSA) is 72.9 Å². The summed E-state index contributed by atoms with van der Waals surface area (Å²) >= 11 is 9.10. The zero-order valence-electron chi connectivity index (χ0n) is 40.2. The molecule has 352 valence electrons. The number of hydrogen-bond donors (Lipinski definition) is 0. The van der Waals surface area contributed by atoms with Crippen molar-refractivity contribution in [3.63, 3.8) is 0 Å². The summed E-state index contributed by atoms with van der Waals surface area (Å²) in [5.74, 6) is 1.44. The maximum absolute atomic E-state index is 13.3. The fraction of sp³-hybridized carbons (Fsp3) is 0.580. The van der Waals surface area contributed by atoms with Crippen LogP contribution in [0.15, 0.2) is 16.6 Å². The zero-order chi connectivity index (χ0) is 48.1. The van der Waals surface area contributed by atoms with Crippen LogP contribution in [0.25, 0.3) is 0 Å². The molecule has 0 radical (unpaired) electrons. The van der Waals surface area contributed by atoms with Gasteiger partial charge in [-0.2, -0.15) is 13.2 Å². The molecule has 3 unspecified atom stereocenters. The molecule has 7 rings (SSSR count). The number of methoxy groups -OCH3 is 2. The van der Waals surface area contributed by atoms with Gasteiger partial charge in [0, 0.05) is 59.9 Å². The van der Waals surface area contributed by atoms with Gasteiger partial charge in [0.25, 0.3) is 0 Å². The number of halogens is 6. The van der Waals surface area contributed by atoms with Crippen molar-refractivity contribution in [3.8, 4) is 5.75 Å². The van der Waals surface area contributed by atoms with E-state index in [4.69, 9.17) is 21.1 Å². The Hall–Kier alpha value is -1.46. The van der Waals surface area contributed by atoms with Crippen LogP contribution in [0.5, 0.6) is 5.75 Å². The standard InChI is InChI=1S/C19H25O.C16H24ClNOSi.C12H9BrF3IO3.3CH3.Sn/c1-12(2)16-11-15-9-13(3)10-17(18(15)19(16)20)14-7-5-4-6-8-14;1-7-10-8-11-14(16(10)19)12(18(2)3)9-13(15(11)17)20(4,5)6;1-19-5-3-4-6(10(5)18)8(13)7(12(14,15)16)11(20-2)9(4)17;;;;/h10,12,14,16H,4-8,11H2,1-3H3;9-10H,7-8H2,1-6H3;5H,3H2,1-2H3;3*1H3;. The predicted molar refractivity (Wildman–Crippen MR) is 274 cm³/mol. The first-order valence-electron chi connectivity index (χ1n) is 22.6. The summed E-state index contributed by atoms with van der Waals surface area (Å²) in [6, 6.07) is 4.59. The minimum atomic E-state index is -4.62. The predicted octanol–water partition coefficient (Wildman–Crippen LogP) is 13.2. The van der Waals surface area contributed by atoms with Crippen molar-refractivity contribution >= 4 is 108 Å². The summed E-state index contributed by atoms with van der Waals surface area (Å²) in [7, 11) is 5.02. The van der Waals surface area contributed by atoms with Crippen LogP contribution in [-0.2, 0) is 30.2 Å². The van der Waals surface area contributed by atoms with E-state index in [-0.39, 0.29) is 39.8 Å². The fourth-order valence-corrected chi connectivity index (χ4v) is 21.5. The molecule has 0 saturated heterocycles. The Labute approximate surface area is 412 Å². The molecule has 3 aromatic rings. The first-order chi connectivity index (χ1) is 29.6. The molecule has 14 heteroatoms. The SMILES string of the molecule is CCC1Cc2c(Cl)c([Si](C)(C)C)cc(N(C)C)c2C1=O.COc1c(I)c2c(c(Br)c1C(F)(F)F)C(=O)C(OC)C2.Cc1cc(C2CCCCC2)c2c([c]1[Sn]([CH3])([CH3])[CH3])CC(C(C)C)C2=O. The molecule has 3 atom stereocenters. The van der Waals surface area contributed by atoms with Gasteiger partial charge in [0.05, 0.1) is 18.8 Å². The van der Waals surface area contributed by atoms with Crippen molar-refractivity contribution in [2.75, 3.05) is 33.2 Å². The van der Waals surface area contributed by atoms with Gasteiger partial charge in [0.1, 0.15) is 17.4 Å². The quantitative estimate of drug-likeness (QED) is 0.165. The van der Waals surface area contributed by atoms with Crippen LogP contribution in [0, 0.1) is 28.2 Å². The second kappa shape index (κ2) is 20.6. The van der Waals surface area contributed by atoms with Crippen molar-refractivity contribution < 1.29 is 37.0 Å². The Morgan fingerprint density at radius 3 is 2.00 bits per heavy atom. The summed E-state index contributed by atoms with van der Waals surface area (Å²) < 4.78 is 51.2. The average molecular weight is 1210 g/mol. The first kappa shape index (κ1) is 53.5. The Balaban J connectivity index is 0.000000182. The van der Waals surface area contributed by atoms with E-state index in [1.54, 1.807) is 26.2 Å².